The Morgan fingerprint density at radius 3 is 2.30 bits per heavy atom. The first-order valence-corrected chi connectivity index (χ1v) is 8.15. The highest BCUT2D eigenvalue weighted by molar-refractivity contribution is 9.09. The Morgan fingerprint density at radius 1 is 1.10 bits per heavy atom. The van der Waals surface area contributed by atoms with Gasteiger partial charge >= 0.3 is 6.18 Å². The SMILES string of the molecule is FC(F)(F)c1ccc(CC(Br)C2CC3CCC2C3)cc1. The lowest BCUT2D eigenvalue weighted by Crippen LogP contribution is -2.22. The van der Waals surface area contributed by atoms with Crippen molar-refractivity contribution in [1.82, 2.24) is 0 Å². The first-order valence-electron chi connectivity index (χ1n) is 7.23. The van der Waals surface area contributed by atoms with Crippen molar-refractivity contribution in [2.45, 2.75) is 43.1 Å². The maximum Gasteiger partial charge on any atom is 0.416 e. The average molecular weight is 347 g/mol. The number of benzene rings is 1. The van der Waals surface area contributed by atoms with E-state index in [4.69, 9.17) is 0 Å². The number of alkyl halides is 4. The lowest BCUT2D eigenvalue weighted by atomic mass is 9.84. The molecule has 1 aromatic carbocycles. The molecule has 3 rings (SSSR count). The zero-order valence-electron chi connectivity index (χ0n) is 11.2. The molecule has 110 valence electrons. The number of hydrogen-bond donors (Lipinski definition) is 0. The number of hydrogen-bond acceptors (Lipinski definition) is 0. The zero-order valence-corrected chi connectivity index (χ0v) is 12.8. The van der Waals surface area contributed by atoms with Crippen LogP contribution in [0.25, 0.3) is 0 Å². The van der Waals surface area contributed by atoms with E-state index in [9.17, 15) is 13.2 Å². The van der Waals surface area contributed by atoms with Crippen LogP contribution in [0.4, 0.5) is 13.2 Å². The van der Waals surface area contributed by atoms with Crippen molar-refractivity contribution in [2.24, 2.45) is 17.8 Å². The van der Waals surface area contributed by atoms with Crippen molar-refractivity contribution in [3.05, 3.63) is 35.4 Å². The third kappa shape index (κ3) is 2.90. The van der Waals surface area contributed by atoms with Gasteiger partial charge in [-0.15, -0.1) is 0 Å². The molecule has 2 aliphatic rings. The molecule has 0 nitrogen and oxygen atoms in total. The summed E-state index contributed by atoms with van der Waals surface area (Å²) in [5.74, 6) is 2.44. The van der Waals surface area contributed by atoms with Gasteiger partial charge in [-0.1, -0.05) is 34.5 Å². The summed E-state index contributed by atoms with van der Waals surface area (Å²) in [6.45, 7) is 0. The second kappa shape index (κ2) is 5.36. The molecule has 0 aliphatic heterocycles. The van der Waals surface area contributed by atoms with Gasteiger partial charge in [-0.25, -0.2) is 0 Å². The number of rotatable bonds is 3. The molecule has 2 aliphatic carbocycles. The van der Waals surface area contributed by atoms with Crippen molar-refractivity contribution < 1.29 is 13.2 Å². The molecule has 4 unspecified atom stereocenters. The van der Waals surface area contributed by atoms with Crippen LogP contribution < -0.4 is 0 Å². The third-order valence-electron chi connectivity index (χ3n) is 4.97. The quantitative estimate of drug-likeness (QED) is 0.638. The van der Waals surface area contributed by atoms with Crippen LogP contribution in [0.5, 0.6) is 0 Å². The summed E-state index contributed by atoms with van der Waals surface area (Å²) in [4.78, 5) is 0.398. The maximum absolute atomic E-state index is 12.5. The van der Waals surface area contributed by atoms with Crippen molar-refractivity contribution in [1.29, 1.82) is 0 Å². The Kier molecular flexibility index (Phi) is 3.87. The Morgan fingerprint density at radius 2 is 1.80 bits per heavy atom. The second-order valence-corrected chi connectivity index (χ2v) is 7.43. The van der Waals surface area contributed by atoms with Crippen LogP contribution in [0.2, 0.25) is 0 Å². The van der Waals surface area contributed by atoms with E-state index in [1.165, 1.54) is 37.8 Å². The fourth-order valence-corrected chi connectivity index (χ4v) is 4.96. The molecule has 0 radical (unpaired) electrons. The van der Waals surface area contributed by atoms with Crippen molar-refractivity contribution in [3.8, 4) is 0 Å². The largest absolute Gasteiger partial charge is 0.416 e. The third-order valence-corrected chi connectivity index (χ3v) is 5.97. The predicted molar refractivity (Wildman–Crippen MR) is 76.8 cm³/mol. The Balaban J connectivity index is 1.63. The molecule has 0 aromatic heterocycles. The highest BCUT2D eigenvalue weighted by Gasteiger charge is 2.42. The highest BCUT2D eigenvalue weighted by atomic mass is 79.9. The van der Waals surface area contributed by atoms with E-state index in [0.717, 1.165) is 23.8 Å². The van der Waals surface area contributed by atoms with Crippen molar-refractivity contribution in [2.75, 3.05) is 0 Å². The predicted octanol–water partition coefficient (Wildman–Crippen LogP) is 5.45. The molecule has 2 saturated carbocycles. The standard InChI is InChI=1S/C16H18BrF3/c17-15(14-8-11-1-4-12(14)7-11)9-10-2-5-13(6-3-10)16(18,19)20/h2-3,5-6,11-12,14-15H,1,4,7-9H2. The van der Waals surface area contributed by atoms with Crippen LogP contribution in [0.3, 0.4) is 0 Å². The van der Waals surface area contributed by atoms with Gasteiger partial charge in [-0.05, 0) is 61.1 Å². The Bertz CT molecular complexity index is 466. The molecule has 0 saturated heterocycles. The molecule has 0 spiro atoms. The number of fused-ring (bicyclic) bond motifs is 2. The van der Waals surface area contributed by atoms with E-state index in [2.05, 4.69) is 15.9 Å². The molecule has 4 heteroatoms. The Labute approximate surface area is 125 Å². The molecule has 0 amide bonds. The summed E-state index contributed by atoms with van der Waals surface area (Å²) in [5.41, 5.74) is 0.426. The number of halogens is 4. The van der Waals surface area contributed by atoms with Crippen LogP contribution in [-0.2, 0) is 12.6 Å². The smallest absolute Gasteiger partial charge is 0.166 e. The van der Waals surface area contributed by atoms with Gasteiger partial charge in [-0.2, -0.15) is 13.2 Å². The summed E-state index contributed by atoms with van der Waals surface area (Å²) in [6.07, 6.45) is 1.95. The monoisotopic (exact) mass is 346 g/mol. The van der Waals surface area contributed by atoms with Gasteiger partial charge in [0.05, 0.1) is 5.56 Å². The van der Waals surface area contributed by atoms with Gasteiger partial charge in [0.15, 0.2) is 0 Å². The lowest BCUT2D eigenvalue weighted by molar-refractivity contribution is -0.137. The first kappa shape index (κ1) is 14.4. The maximum atomic E-state index is 12.5. The van der Waals surface area contributed by atoms with E-state index >= 15 is 0 Å². The van der Waals surface area contributed by atoms with E-state index in [1.54, 1.807) is 12.1 Å². The van der Waals surface area contributed by atoms with Gasteiger partial charge in [0.2, 0.25) is 0 Å². The van der Waals surface area contributed by atoms with Gasteiger partial charge < -0.3 is 0 Å². The topological polar surface area (TPSA) is 0 Å². The molecule has 1 aromatic rings. The second-order valence-electron chi connectivity index (χ2n) is 6.25. The van der Waals surface area contributed by atoms with Crippen molar-refractivity contribution >= 4 is 15.9 Å². The summed E-state index contributed by atoms with van der Waals surface area (Å²) in [6, 6.07) is 5.61. The molecule has 2 fully saturated rings. The van der Waals surface area contributed by atoms with E-state index in [1.807, 2.05) is 0 Å². The Hall–Kier alpha value is -0.510. The summed E-state index contributed by atoms with van der Waals surface area (Å²) in [7, 11) is 0. The molecular formula is C16H18BrF3. The van der Waals surface area contributed by atoms with E-state index in [0.29, 0.717) is 10.7 Å². The molecule has 0 heterocycles. The fraction of sp³-hybridized carbons (Fsp3) is 0.625. The van der Waals surface area contributed by atoms with Crippen molar-refractivity contribution in [3.63, 3.8) is 0 Å². The van der Waals surface area contributed by atoms with Crippen LogP contribution >= 0.6 is 15.9 Å². The van der Waals surface area contributed by atoms with E-state index < -0.39 is 11.7 Å². The minimum absolute atomic E-state index is 0.398. The fourth-order valence-electron chi connectivity index (χ4n) is 3.94. The lowest BCUT2D eigenvalue weighted by Gasteiger charge is -2.26. The zero-order chi connectivity index (χ0) is 14.3. The normalized spacial score (nSPS) is 30.7. The molecule has 2 bridgehead atoms. The minimum Gasteiger partial charge on any atom is -0.166 e. The summed E-state index contributed by atoms with van der Waals surface area (Å²) >= 11 is 3.78. The molecule has 0 N–H and O–H groups in total. The van der Waals surface area contributed by atoms with Crippen LogP contribution in [0.15, 0.2) is 24.3 Å². The summed E-state index contributed by atoms with van der Waals surface area (Å²) in [5, 5.41) is 0. The van der Waals surface area contributed by atoms with Gasteiger partial charge in [-0.3, -0.25) is 0 Å². The minimum atomic E-state index is -4.24. The molecular weight excluding hydrogens is 329 g/mol. The van der Waals surface area contributed by atoms with Gasteiger partial charge in [0.25, 0.3) is 0 Å². The highest BCUT2D eigenvalue weighted by Crippen LogP contribution is 2.51. The van der Waals surface area contributed by atoms with E-state index in [-0.39, 0.29) is 0 Å². The summed E-state index contributed by atoms with van der Waals surface area (Å²) < 4.78 is 37.6. The first-order chi connectivity index (χ1) is 9.43. The van der Waals surface area contributed by atoms with Gasteiger partial charge in [0.1, 0.15) is 0 Å². The molecule has 4 atom stereocenters. The molecule has 20 heavy (non-hydrogen) atoms. The van der Waals surface area contributed by atoms with Crippen LogP contribution in [0, 0.1) is 17.8 Å². The van der Waals surface area contributed by atoms with Crippen LogP contribution in [-0.4, -0.2) is 4.83 Å². The van der Waals surface area contributed by atoms with Gasteiger partial charge in [0, 0.05) is 4.83 Å². The van der Waals surface area contributed by atoms with Crippen LogP contribution in [0.1, 0.15) is 36.8 Å². The average Bonchev–Trinajstić information content (AvgIpc) is 3.00.